The first-order valence-electron chi connectivity index (χ1n) is 6.99. The molecule has 0 aromatic heterocycles. The Morgan fingerprint density at radius 3 is 2.63 bits per heavy atom. The normalized spacial score (nSPS) is 16.7. The zero-order chi connectivity index (χ0) is 13.1. The molecule has 0 amide bonds. The summed E-state index contributed by atoms with van der Waals surface area (Å²) in [5, 5.41) is 9.51. The summed E-state index contributed by atoms with van der Waals surface area (Å²) in [4.78, 5) is 2.44. The van der Waals surface area contributed by atoms with Crippen LogP contribution in [-0.2, 0) is 0 Å². The zero-order valence-corrected chi connectivity index (χ0v) is 11.4. The lowest BCUT2D eigenvalue weighted by molar-refractivity contribution is 0.256. The number of benzene rings is 2. The van der Waals surface area contributed by atoms with E-state index in [9.17, 15) is 0 Å². The van der Waals surface area contributed by atoms with E-state index in [1.807, 2.05) is 0 Å². The SMILES string of the molecule is Cc1ccc2cc(NCN3CCNCC3)ccc2c1. The van der Waals surface area contributed by atoms with Gasteiger partial charge in [0.25, 0.3) is 0 Å². The summed E-state index contributed by atoms with van der Waals surface area (Å²) >= 11 is 0. The van der Waals surface area contributed by atoms with Crippen molar-refractivity contribution in [1.29, 1.82) is 0 Å². The largest absolute Gasteiger partial charge is 0.372 e. The molecule has 0 saturated carbocycles. The van der Waals surface area contributed by atoms with Gasteiger partial charge < -0.3 is 10.6 Å². The molecule has 2 N–H and O–H groups in total. The van der Waals surface area contributed by atoms with Crippen LogP contribution in [0.5, 0.6) is 0 Å². The highest BCUT2D eigenvalue weighted by Crippen LogP contribution is 2.20. The fraction of sp³-hybridized carbons (Fsp3) is 0.375. The number of anilines is 1. The summed E-state index contributed by atoms with van der Waals surface area (Å²) in [5.74, 6) is 0. The molecule has 1 saturated heterocycles. The van der Waals surface area contributed by atoms with Crippen molar-refractivity contribution in [3.8, 4) is 0 Å². The summed E-state index contributed by atoms with van der Waals surface area (Å²) in [6.07, 6.45) is 0. The predicted octanol–water partition coefficient (Wildman–Crippen LogP) is 2.42. The topological polar surface area (TPSA) is 27.3 Å². The summed E-state index contributed by atoms with van der Waals surface area (Å²) in [7, 11) is 0. The lowest BCUT2D eigenvalue weighted by Gasteiger charge is -2.27. The lowest BCUT2D eigenvalue weighted by atomic mass is 10.1. The molecule has 0 bridgehead atoms. The number of piperazine rings is 1. The van der Waals surface area contributed by atoms with E-state index < -0.39 is 0 Å². The van der Waals surface area contributed by atoms with E-state index in [0.29, 0.717) is 0 Å². The van der Waals surface area contributed by atoms with E-state index in [1.54, 1.807) is 0 Å². The van der Waals surface area contributed by atoms with Crippen LogP contribution in [-0.4, -0.2) is 37.7 Å². The van der Waals surface area contributed by atoms with Gasteiger partial charge in [0.1, 0.15) is 0 Å². The average Bonchev–Trinajstić information content (AvgIpc) is 2.46. The molecule has 1 heterocycles. The summed E-state index contributed by atoms with van der Waals surface area (Å²) < 4.78 is 0. The number of hydrogen-bond donors (Lipinski definition) is 2. The zero-order valence-electron chi connectivity index (χ0n) is 11.4. The van der Waals surface area contributed by atoms with Gasteiger partial charge in [0.05, 0.1) is 6.67 Å². The number of fused-ring (bicyclic) bond motifs is 1. The molecule has 0 aliphatic carbocycles. The summed E-state index contributed by atoms with van der Waals surface area (Å²) in [5.41, 5.74) is 2.52. The third-order valence-corrected chi connectivity index (χ3v) is 3.71. The molecule has 1 aliphatic rings. The van der Waals surface area contributed by atoms with Crippen molar-refractivity contribution < 1.29 is 0 Å². The predicted molar refractivity (Wildman–Crippen MR) is 81.6 cm³/mol. The fourth-order valence-corrected chi connectivity index (χ4v) is 2.55. The van der Waals surface area contributed by atoms with Gasteiger partial charge in [-0.15, -0.1) is 0 Å². The maximum absolute atomic E-state index is 3.52. The maximum Gasteiger partial charge on any atom is 0.0679 e. The van der Waals surface area contributed by atoms with Gasteiger partial charge in [0.2, 0.25) is 0 Å². The minimum Gasteiger partial charge on any atom is -0.372 e. The third-order valence-electron chi connectivity index (χ3n) is 3.71. The van der Waals surface area contributed by atoms with Crippen LogP contribution in [0.2, 0.25) is 0 Å². The van der Waals surface area contributed by atoms with E-state index in [2.05, 4.69) is 58.9 Å². The van der Waals surface area contributed by atoms with Crippen molar-refractivity contribution in [2.45, 2.75) is 6.92 Å². The molecule has 1 aliphatic heterocycles. The van der Waals surface area contributed by atoms with E-state index in [0.717, 1.165) is 32.8 Å². The molecule has 3 nitrogen and oxygen atoms in total. The maximum atomic E-state index is 3.52. The Morgan fingerprint density at radius 1 is 1.05 bits per heavy atom. The molecular formula is C16H21N3. The van der Waals surface area contributed by atoms with Crippen LogP contribution in [0.4, 0.5) is 5.69 Å². The second-order valence-electron chi connectivity index (χ2n) is 5.27. The van der Waals surface area contributed by atoms with Crippen molar-refractivity contribution >= 4 is 16.5 Å². The van der Waals surface area contributed by atoms with Crippen molar-refractivity contribution in [3.05, 3.63) is 42.0 Å². The Bertz CT molecular complexity index is 559. The molecule has 19 heavy (non-hydrogen) atoms. The first-order chi connectivity index (χ1) is 9.31. The Hall–Kier alpha value is -1.58. The minimum atomic E-state index is 0.930. The Labute approximate surface area is 114 Å². The second-order valence-corrected chi connectivity index (χ2v) is 5.27. The summed E-state index contributed by atoms with van der Waals surface area (Å²) in [6, 6.07) is 13.2. The minimum absolute atomic E-state index is 0.930. The molecule has 0 spiro atoms. The number of aryl methyl sites for hydroxylation is 1. The molecule has 3 rings (SSSR count). The van der Waals surface area contributed by atoms with Gasteiger partial charge >= 0.3 is 0 Å². The van der Waals surface area contributed by atoms with Gasteiger partial charge in [0.15, 0.2) is 0 Å². The highest BCUT2D eigenvalue weighted by molar-refractivity contribution is 5.86. The Balaban J connectivity index is 1.69. The van der Waals surface area contributed by atoms with Crippen molar-refractivity contribution in [2.24, 2.45) is 0 Å². The van der Waals surface area contributed by atoms with E-state index >= 15 is 0 Å². The van der Waals surface area contributed by atoms with Crippen LogP contribution in [0.1, 0.15) is 5.56 Å². The fourth-order valence-electron chi connectivity index (χ4n) is 2.55. The van der Waals surface area contributed by atoms with E-state index in [4.69, 9.17) is 0 Å². The van der Waals surface area contributed by atoms with Gasteiger partial charge in [-0.05, 0) is 29.8 Å². The highest BCUT2D eigenvalue weighted by atomic mass is 15.3. The lowest BCUT2D eigenvalue weighted by Crippen LogP contribution is -2.45. The number of nitrogens with zero attached hydrogens (tertiary/aromatic N) is 1. The summed E-state index contributed by atoms with van der Waals surface area (Å²) in [6.45, 7) is 7.51. The first-order valence-corrected chi connectivity index (χ1v) is 6.99. The molecule has 2 aromatic rings. The molecule has 0 unspecified atom stereocenters. The third kappa shape index (κ3) is 3.06. The molecule has 0 radical (unpaired) electrons. The molecule has 1 fully saturated rings. The van der Waals surface area contributed by atoms with Gasteiger partial charge in [-0.25, -0.2) is 0 Å². The highest BCUT2D eigenvalue weighted by Gasteiger charge is 2.08. The quantitative estimate of drug-likeness (QED) is 0.882. The van der Waals surface area contributed by atoms with Gasteiger partial charge in [-0.2, -0.15) is 0 Å². The average molecular weight is 255 g/mol. The number of nitrogens with one attached hydrogen (secondary N) is 2. The van der Waals surface area contributed by atoms with Crippen LogP contribution in [0.25, 0.3) is 10.8 Å². The smallest absolute Gasteiger partial charge is 0.0679 e. The van der Waals surface area contributed by atoms with Gasteiger partial charge in [-0.3, -0.25) is 4.90 Å². The van der Waals surface area contributed by atoms with Crippen LogP contribution < -0.4 is 10.6 Å². The van der Waals surface area contributed by atoms with Crippen molar-refractivity contribution in [3.63, 3.8) is 0 Å². The van der Waals surface area contributed by atoms with Crippen LogP contribution in [0, 0.1) is 6.92 Å². The Morgan fingerprint density at radius 2 is 1.79 bits per heavy atom. The standard InChI is InChI=1S/C16H21N3/c1-13-2-3-15-11-16(5-4-14(15)10-13)18-12-19-8-6-17-7-9-19/h2-5,10-11,17-18H,6-9,12H2,1H3. The first kappa shape index (κ1) is 12.5. The number of rotatable bonds is 3. The van der Waals surface area contributed by atoms with E-state index in [-0.39, 0.29) is 0 Å². The monoisotopic (exact) mass is 255 g/mol. The van der Waals surface area contributed by atoms with Crippen molar-refractivity contribution in [2.75, 3.05) is 38.2 Å². The van der Waals surface area contributed by atoms with Crippen LogP contribution >= 0.6 is 0 Å². The van der Waals surface area contributed by atoms with Crippen LogP contribution in [0.3, 0.4) is 0 Å². The van der Waals surface area contributed by atoms with Gasteiger partial charge in [0, 0.05) is 31.9 Å². The molecule has 2 aromatic carbocycles. The molecular weight excluding hydrogens is 234 g/mol. The molecule has 0 atom stereocenters. The second kappa shape index (κ2) is 5.59. The number of hydrogen-bond acceptors (Lipinski definition) is 3. The molecule has 3 heteroatoms. The Kier molecular flexibility index (Phi) is 3.67. The molecule has 100 valence electrons. The van der Waals surface area contributed by atoms with E-state index in [1.165, 1.54) is 22.0 Å². The van der Waals surface area contributed by atoms with Crippen LogP contribution in [0.15, 0.2) is 36.4 Å². The van der Waals surface area contributed by atoms with Crippen molar-refractivity contribution in [1.82, 2.24) is 10.2 Å². The van der Waals surface area contributed by atoms with Gasteiger partial charge in [-0.1, -0.05) is 29.8 Å².